The van der Waals surface area contributed by atoms with E-state index in [9.17, 15) is 18.0 Å². The molecule has 0 bridgehead atoms. The highest BCUT2D eigenvalue weighted by Gasteiger charge is 2.43. The first-order chi connectivity index (χ1) is 8.08. The minimum Gasteiger partial charge on any atom is -0.444 e. The van der Waals surface area contributed by atoms with E-state index in [-0.39, 0.29) is 19.0 Å². The average Bonchev–Trinajstić information content (AvgIpc) is 2.59. The van der Waals surface area contributed by atoms with Crippen molar-refractivity contribution in [3.63, 3.8) is 0 Å². The Morgan fingerprint density at radius 1 is 1.33 bits per heavy atom. The Bertz CT molecular complexity index is 300. The lowest BCUT2D eigenvalue weighted by molar-refractivity contribution is -0.152. The molecule has 18 heavy (non-hydrogen) atoms. The topological polar surface area (TPSA) is 50.4 Å². The van der Waals surface area contributed by atoms with Crippen LogP contribution < -0.4 is 10.6 Å². The average molecular weight is 268 g/mol. The monoisotopic (exact) mass is 268 g/mol. The van der Waals surface area contributed by atoms with Crippen molar-refractivity contribution in [2.75, 3.05) is 6.54 Å². The molecule has 0 aromatic rings. The molecular weight excluding hydrogens is 249 g/mol. The van der Waals surface area contributed by atoms with Crippen molar-refractivity contribution in [3.8, 4) is 0 Å². The summed E-state index contributed by atoms with van der Waals surface area (Å²) >= 11 is 0. The van der Waals surface area contributed by atoms with Crippen molar-refractivity contribution >= 4 is 6.09 Å². The van der Waals surface area contributed by atoms with Crippen LogP contribution in [0, 0.1) is 0 Å². The van der Waals surface area contributed by atoms with Gasteiger partial charge in [0.05, 0.1) is 0 Å². The first-order valence-corrected chi connectivity index (χ1v) is 5.87. The number of carbonyl (C=O) groups excluding carboxylic acids is 1. The minimum atomic E-state index is -4.22. The molecule has 106 valence electrons. The van der Waals surface area contributed by atoms with Crippen molar-refractivity contribution in [1.82, 2.24) is 10.6 Å². The zero-order valence-corrected chi connectivity index (χ0v) is 10.7. The van der Waals surface area contributed by atoms with E-state index in [1.807, 2.05) is 0 Å². The molecule has 2 atom stereocenters. The SMILES string of the molecule is CC(C)(C)OC(=O)NC[C@H]1CC[C@@H](C(F)(F)F)N1. The highest BCUT2D eigenvalue weighted by Crippen LogP contribution is 2.28. The summed E-state index contributed by atoms with van der Waals surface area (Å²) < 4.78 is 42.1. The van der Waals surface area contributed by atoms with Gasteiger partial charge in [-0.05, 0) is 33.6 Å². The van der Waals surface area contributed by atoms with Crippen LogP contribution in [0.1, 0.15) is 33.6 Å². The molecule has 7 heteroatoms. The Labute approximate surface area is 104 Å². The van der Waals surface area contributed by atoms with Gasteiger partial charge in [-0.1, -0.05) is 0 Å². The van der Waals surface area contributed by atoms with Gasteiger partial charge in [-0.25, -0.2) is 4.79 Å². The molecule has 1 rings (SSSR count). The van der Waals surface area contributed by atoms with Gasteiger partial charge >= 0.3 is 12.3 Å². The van der Waals surface area contributed by atoms with Crippen molar-refractivity contribution < 1.29 is 22.7 Å². The number of nitrogens with one attached hydrogen (secondary N) is 2. The Morgan fingerprint density at radius 3 is 2.39 bits per heavy atom. The van der Waals surface area contributed by atoms with Crippen LogP contribution in [0.3, 0.4) is 0 Å². The van der Waals surface area contributed by atoms with Gasteiger partial charge in [-0.15, -0.1) is 0 Å². The van der Waals surface area contributed by atoms with E-state index in [2.05, 4.69) is 10.6 Å². The molecule has 1 aliphatic heterocycles. The van der Waals surface area contributed by atoms with E-state index in [0.717, 1.165) is 0 Å². The fraction of sp³-hybridized carbons (Fsp3) is 0.909. The summed E-state index contributed by atoms with van der Waals surface area (Å²) in [6.07, 6.45) is -4.40. The number of rotatable bonds is 2. The van der Waals surface area contributed by atoms with E-state index in [4.69, 9.17) is 4.74 Å². The van der Waals surface area contributed by atoms with Gasteiger partial charge in [0, 0.05) is 12.6 Å². The third-order valence-corrected chi connectivity index (χ3v) is 2.53. The number of amides is 1. The van der Waals surface area contributed by atoms with Gasteiger partial charge in [0.1, 0.15) is 11.6 Å². The maximum Gasteiger partial charge on any atom is 0.407 e. The summed E-state index contributed by atoms with van der Waals surface area (Å²) in [5.74, 6) is 0. The Balaban J connectivity index is 2.28. The lowest BCUT2D eigenvalue weighted by Crippen LogP contribution is -2.45. The Morgan fingerprint density at radius 2 is 1.94 bits per heavy atom. The molecule has 0 aromatic heterocycles. The lowest BCUT2D eigenvalue weighted by Gasteiger charge is -2.21. The van der Waals surface area contributed by atoms with Crippen LogP contribution in [0.25, 0.3) is 0 Å². The number of hydrogen-bond donors (Lipinski definition) is 2. The summed E-state index contributed by atoms with van der Waals surface area (Å²) in [6.45, 7) is 5.31. The first-order valence-electron chi connectivity index (χ1n) is 5.87. The zero-order chi connectivity index (χ0) is 14.0. The van der Waals surface area contributed by atoms with E-state index in [1.54, 1.807) is 20.8 Å². The molecule has 1 amide bonds. The van der Waals surface area contributed by atoms with Gasteiger partial charge in [-0.2, -0.15) is 13.2 Å². The maximum absolute atomic E-state index is 12.4. The van der Waals surface area contributed by atoms with Crippen LogP contribution in [0.5, 0.6) is 0 Å². The van der Waals surface area contributed by atoms with Gasteiger partial charge in [-0.3, -0.25) is 0 Å². The maximum atomic E-state index is 12.4. The third-order valence-electron chi connectivity index (χ3n) is 2.53. The van der Waals surface area contributed by atoms with Gasteiger partial charge in [0.2, 0.25) is 0 Å². The largest absolute Gasteiger partial charge is 0.444 e. The van der Waals surface area contributed by atoms with E-state index < -0.39 is 23.9 Å². The standard InChI is InChI=1S/C11H19F3N2O2/c1-10(2,3)18-9(17)15-6-7-4-5-8(16-7)11(12,13)14/h7-8,16H,4-6H2,1-3H3,(H,15,17)/t7-,8+/m1/s1. The number of halogens is 3. The molecule has 0 aliphatic carbocycles. The second-order valence-electron chi connectivity index (χ2n) is 5.42. The fourth-order valence-corrected chi connectivity index (χ4v) is 1.76. The van der Waals surface area contributed by atoms with Crippen molar-refractivity contribution in [2.24, 2.45) is 0 Å². The first kappa shape index (κ1) is 15.1. The smallest absolute Gasteiger partial charge is 0.407 e. The predicted octanol–water partition coefficient (Wildman–Crippen LogP) is 2.19. The van der Waals surface area contributed by atoms with Crippen LogP contribution in [-0.4, -0.2) is 36.5 Å². The van der Waals surface area contributed by atoms with E-state index in [0.29, 0.717) is 6.42 Å². The summed E-state index contributed by atoms with van der Waals surface area (Å²) in [6, 6.07) is -1.83. The number of alkyl carbamates (subject to hydrolysis) is 1. The lowest BCUT2D eigenvalue weighted by atomic mass is 10.2. The molecule has 0 spiro atoms. The molecule has 0 radical (unpaired) electrons. The van der Waals surface area contributed by atoms with E-state index >= 15 is 0 Å². The number of carbonyl (C=O) groups is 1. The van der Waals surface area contributed by atoms with Gasteiger partial charge in [0.15, 0.2) is 0 Å². The van der Waals surface area contributed by atoms with Gasteiger partial charge < -0.3 is 15.4 Å². The fourth-order valence-electron chi connectivity index (χ4n) is 1.76. The summed E-state index contributed by atoms with van der Waals surface area (Å²) in [5.41, 5.74) is -0.609. The molecule has 0 aromatic carbocycles. The van der Waals surface area contributed by atoms with Crippen LogP contribution in [-0.2, 0) is 4.74 Å². The molecule has 2 N–H and O–H groups in total. The van der Waals surface area contributed by atoms with Crippen molar-refractivity contribution in [1.29, 1.82) is 0 Å². The molecule has 1 heterocycles. The summed E-state index contributed by atoms with van der Waals surface area (Å²) in [7, 11) is 0. The molecule has 1 aliphatic rings. The highest BCUT2D eigenvalue weighted by molar-refractivity contribution is 5.67. The molecular formula is C11H19F3N2O2. The summed E-state index contributed by atoms with van der Waals surface area (Å²) in [5, 5.41) is 4.92. The van der Waals surface area contributed by atoms with Gasteiger partial charge in [0.25, 0.3) is 0 Å². The predicted molar refractivity (Wildman–Crippen MR) is 60.2 cm³/mol. The molecule has 0 saturated carbocycles. The number of ether oxygens (including phenoxy) is 1. The van der Waals surface area contributed by atoms with Crippen LogP contribution in [0.2, 0.25) is 0 Å². The van der Waals surface area contributed by atoms with Crippen LogP contribution in [0.4, 0.5) is 18.0 Å². The second kappa shape index (κ2) is 5.34. The van der Waals surface area contributed by atoms with E-state index in [1.165, 1.54) is 0 Å². The molecule has 0 unspecified atom stereocenters. The third kappa shape index (κ3) is 5.12. The molecule has 4 nitrogen and oxygen atoms in total. The molecule has 1 saturated heterocycles. The highest BCUT2D eigenvalue weighted by atomic mass is 19.4. The minimum absolute atomic E-state index is 0.0458. The van der Waals surface area contributed by atoms with Crippen LogP contribution >= 0.6 is 0 Å². The number of hydrogen-bond acceptors (Lipinski definition) is 3. The Hall–Kier alpha value is -0.980. The van der Waals surface area contributed by atoms with Crippen molar-refractivity contribution in [2.45, 2.75) is 57.5 Å². The second-order valence-corrected chi connectivity index (χ2v) is 5.42. The van der Waals surface area contributed by atoms with Crippen LogP contribution in [0.15, 0.2) is 0 Å². The Kier molecular flexibility index (Phi) is 4.47. The quantitative estimate of drug-likeness (QED) is 0.807. The molecule has 1 fully saturated rings. The zero-order valence-electron chi connectivity index (χ0n) is 10.7. The normalized spacial score (nSPS) is 25.0. The van der Waals surface area contributed by atoms with Crippen molar-refractivity contribution in [3.05, 3.63) is 0 Å². The number of alkyl halides is 3. The summed E-state index contributed by atoms with van der Waals surface area (Å²) in [4.78, 5) is 11.3.